The second-order valence-corrected chi connectivity index (χ2v) is 3.57. The first-order valence-electron chi connectivity index (χ1n) is 5.87. The quantitative estimate of drug-likeness (QED) is 0.816. The summed E-state index contributed by atoms with van der Waals surface area (Å²) in [6, 6.07) is 3.97. The molecule has 0 unspecified atom stereocenters. The van der Waals surface area contributed by atoms with Gasteiger partial charge in [-0.05, 0) is 19.1 Å². The molecule has 0 aliphatic carbocycles. The van der Waals surface area contributed by atoms with Gasteiger partial charge >= 0.3 is 0 Å². The zero-order valence-corrected chi connectivity index (χ0v) is 10.4. The Labute approximate surface area is 100 Å². The SMILES string of the molecule is CC.Cc1ccc2[nH]nc(C3=CCN=C3)c2n1. The fourth-order valence-electron chi connectivity index (χ4n) is 1.71. The van der Waals surface area contributed by atoms with Crippen LogP contribution in [0.1, 0.15) is 25.2 Å². The first-order valence-corrected chi connectivity index (χ1v) is 5.87. The van der Waals surface area contributed by atoms with E-state index in [-0.39, 0.29) is 0 Å². The monoisotopic (exact) mass is 228 g/mol. The number of aromatic nitrogens is 3. The summed E-state index contributed by atoms with van der Waals surface area (Å²) in [6.45, 7) is 6.73. The molecule has 3 heterocycles. The molecule has 0 atom stereocenters. The van der Waals surface area contributed by atoms with E-state index in [0.29, 0.717) is 0 Å². The van der Waals surface area contributed by atoms with Crippen molar-refractivity contribution < 1.29 is 0 Å². The highest BCUT2D eigenvalue weighted by atomic mass is 15.1. The molecule has 0 fully saturated rings. The van der Waals surface area contributed by atoms with Crippen molar-refractivity contribution in [1.82, 2.24) is 15.2 Å². The molecule has 0 radical (unpaired) electrons. The van der Waals surface area contributed by atoms with Crippen LogP contribution in [-0.2, 0) is 0 Å². The van der Waals surface area contributed by atoms with Gasteiger partial charge in [0, 0.05) is 17.5 Å². The third kappa shape index (κ3) is 2.11. The van der Waals surface area contributed by atoms with Gasteiger partial charge in [-0.3, -0.25) is 10.1 Å². The summed E-state index contributed by atoms with van der Waals surface area (Å²) in [5, 5.41) is 7.25. The highest BCUT2D eigenvalue weighted by Crippen LogP contribution is 2.21. The highest BCUT2D eigenvalue weighted by Gasteiger charge is 2.12. The van der Waals surface area contributed by atoms with Crippen LogP contribution < -0.4 is 0 Å². The molecular weight excluding hydrogens is 212 g/mol. The average molecular weight is 228 g/mol. The summed E-state index contributed by atoms with van der Waals surface area (Å²) < 4.78 is 0. The van der Waals surface area contributed by atoms with Gasteiger partial charge in [0.05, 0.1) is 12.1 Å². The summed E-state index contributed by atoms with van der Waals surface area (Å²) in [5.41, 5.74) is 4.85. The number of aliphatic imine (C=N–C) groups is 1. The van der Waals surface area contributed by atoms with Crippen molar-refractivity contribution in [3.05, 3.63) is 29.6 Å². The summed E-state index contributed by atoms with van der Waals surface area (Å²) >= 11 is 0. The van der Waals surface area contributed by atoms with Gasteiger partial charge in [-0.2, -0.15) is 5.10 Å². The molecule has 0 amide bonds. The van der Waals surface area contributed by atoms with Crippen LogP contribution in [0.5, 0.6) is 0 Å². The van der Waals surface area contributed by atoms with E-state index < -0.39 is 0 Å². The Hall–Kier alpha value is -1.97. The molecule has 0 bridgehead atoms. The van der Waals surface area contributed by atoms with Crippen LogP contribution in [0.2, 0.25) is 0 Å². The Bertz CT molecular complexity index is 578. The van der Waals surface area contributed by atoms with E-state index in [1.165, 1.54) is 0 Å². The van der Waals surface area contributed by atoms with E-state index in [1.807, 2.05) is 39.1 Å². The number of allylic oxidation sites excluding steroid dienone is 1. The van der Waals surface area contributed by atoms with Gasteiger partial charge in [0.25, 0.3) is 0 Å². The number of rotatable bonds is 1. The Morgan fingerprint density at radius 1 is 1.24 bits per heavy atom. The molecule has 88 valence electrons. The number of hydrogen-bond donors (Lipinski definition) is 1. The molecule has 4 heteroatoms. The molecular formula is C13H16N4. The number of hydrogen-bond acceptors (Lipinski definition) is 3. The molecule has 2 aromatic rings. The minimum absolute atomic E-state index is 0.746. The van der Waals surface area contributed by atoms with Crippen LogP contribution >= 0.6 is 0 Å². The standard InChI is InChI=1S/C11H10N4.C2H6/c1-7-2-3-9-11(13-7)10(15-14-9)8-4-5-12-6-8;1-2/h2-4,6H,5H2,1H3,(H,14,15);1-2H3. The number of aromatic amines is 1. The van der Waals surface area contributed by atoms with Crippen molar-refractivity contribution in [2.24, 2.45) is 4.99 Å². The minimum atomic E-state index is 0.746. The summed E-state index contributed by atoms with van der Waals surface area (Å²) in [4.78, 5) is 8.63. The van der Waals surface area contributed by atoms with Crippen LogP contribution in [0.3, 0.4) is 0 Å². The van der Waals surface area contributed by atoms with Crippen molar-refractivity contribution in [3.63, 3.8) is 0 Å². The number of aryl methyl sites for hydroxylation is 1. The number of nitrogens with one attached hydrogen (secondary N) is 1. The van der Waals surface area contributed by atoms with Crippen LogP contribution in [0.4, 0.5) is 0 Å². The smallest absolute Gasteiger partial charge is 0.120 e. The zero-order valence-electron chi connectivity index (χ0n) is 10.4. The topological polar surface area (TPSA) is 53.9 Å². The van der Waals surface area contributed by atoms with Gasteiger partial charge in [0.2, 0.25) is 0 Å². The van der Waals surface area contributed by atoms with E-state index in [2.05, 4.69) is 26.2 Å². The maximum Gasteiger partial charge on any atom is 0.120 e. The lowest BCUT2D eigenvalue weighted by Gasteiger charge is -1.95. The summed E-state index contributed by atoms with van der Waals surface area (Å²) in [6.07, 6.45) is 3.90. The third-order valence-electron chi connectivity index (χ3n) is 2.47. The van der Waals surface area contributed by atoms with Gasteiger partial charge in [0.1, 0.15) is 11.2 Å². The lowest BCUT2D eigenvalue weighted by atomic mass is 10.2. The van der Waals surface area contributed by atoms with E-state index in [4.69, 9.17) is 0 Å². The van der Waals surface area contributed by atoms with Gasteiger partial charge in [-0.1, -0.05) is 19.9 Å². The molecule has 2 aromatic heterocycles. The second-order valence-electron chi connectivity index (χ2n) is 3.57. The number of fused-ring (bicyclic) bond motifs is 1. The maximum atomic E-state index is 4.48. The zero-order chi connectivity index (χ0) is 12.3. The highest BCUT2D eigenvalue weighted by molar-refractivity contribution is 6.14. The summed E-state index contributed by atoms with van der Waals surface area (Å²) in [5.74, 6) is 0. The first-order chi connectivity index (χ1) is 8.34. The lowest BCUT2D eigenvalue weighted by molar-refractivity contribution is 1.10. The fourth-order valence-corrected chi connectivity index (χ4v) is 1.71. The van der Waals surface area contributed by atoms with E-state index in [1.54, 1.807) is 0 Å². The molecule has 3 rings (SSSR count). The predicted molar refractivity (Wildman–Crippen MR) is 71.3 cm³/mol. The van der Waals surface area contributed by atoms with Crippen molar-refractivity contribution in [3.8, 4) is 0 Å². The Kier molecular flexibility index (Phi) is 3.32. The normalized spacial score (nSPS) is 13.5. The molecule has 0 saturated carbocycles. The van der Waals surface area contributed by atoms with Gasteiger partial charge in [-0.15, -0.1) is 0 Å². The van der Waals surface area contributed by atoms with Crippen molar-refractivity contribution in [1.29, 1.82) is 0 Å². The average Bonchev–Trinajstić information content (AvgIpc) is 2.98. The minimum Gasteiger partial charge on any atom is -0.288 e. The molecule has 1 aliphatic rings. The van der Waals surface area contributed by atoms with Crippen LogP contribution in [0.25, 0.3) is 16.6 Å². The largest absolute Gasteiger partial charge is 0.288 e. The van der Waals surface area contributed by atoms with Crippen LogP contribution in [-0.4, -0.2) is 27.9 Å². The van der Waals surface area contributed by atoms with Gasteiger partial charge in [-0.25, -0.2) is 4.98 Å². The maximum absolute atomic E-state index is 4.48. The van der Waals surface area contributed by atoms with E-state index in [9.17, 15) is 0 Å². The molecule has 0 saturated heterocycles. The van der Waals surface area contributed by atoms with Crippen LogP contribution in [0.15, 0.2) is 23.2 Å². The Morgan fingerprint density at radius 3 is 2.76 bits per heavy atom. The predicted octanol–water partition coefficient (Wildman–Crippen LogP) is 2.76. The molecule has 17 heavy (non-hydrogen) atoms. The lowest BCUT2D eigenvalue weighted by Crippen LogP contribution is -1.87. The summed E-state index contributed by atoms with van der Waals surface area (Å²) in [7, 11) is 0. The number of H-pyrrole nitrogens is 1. The van der Waals surface area contributed by atoms with Gasteiger partial charge < -0.3 is 0 Å². The Morgan fingerprint density at radius 2 is 2.06 bits per heavy atom. The first kappa shape index (κ1) is 11.5. The molecule has 0 spiro atoms. The molecule has 1 aliphatic heterocycles. The van der Waals surface area contributed by atoms with Crippen molar-refractivity contribution in [2.45, 2.75) is 20.8 Å². The molecule has 1 N–H and O–H groups in total. The van der Waals surface area contributed by atoms with Crippen molar-refractivity contribution in [2.75, 3.05) is 6.54 Å². The number of nitrogens with zero attached hydrogens (tertiary/aromatic N) is 3. The van der Waals surface area contributed by atoms with Gasteiger partial charge in [0.15, 0.2) is 0 Å². The van der Waals surface area contributed by atoms with E-state index in [0.717, 1.165) is 34.5 Å². The molecule has 4 nitrogen and oxygen atoms in total. The second kappa shape index (κ2) is 4.91. The third-order valence-corrected chi connectivity index (χ3v) is 2.47. The van der Waals surface area contributed by atoms with Crippen LogP contribution in [0, 0.1) is 6.92 Å². The fraction of sp³-hybridized carbons (Fsp3) is 0.308. The Balaban J connectivity index is 0.000000514. The molecule has 0 aromatic carbocycles. The number of pyridine rings is 1. The van der Waals surface area contributed by atoms with E-state index >= 15 is 0 Å². The van der Waals surface area contributed by atoms with Crippen molar-refractivity contribution >= 4 is 22.8 Å².